The van der Waals surface area contributed by atoms with E-state index < -0.39 is 0 Å². The zero-order valence-electron chi connectivity index (χ0n) is 21.5. The minimum atomic E-state index is -0.0290. The lowest BCUT2D eigenvalue weighted by Gasteiger charge is -2.31. The van der Waals surface area contributed by atoms with E-state index in [1.54, 1.807) is 7.11 Å². The number of aryl methyl sites for hydroxylation is 1. The van der Waals surface area contributed by atoms with Gasteiger partial charge in [0.1, 0.15) is 11.3 Å². The van der Waals surface area contributed by atoms with Gasteiger partial charge in [-0.05, 0) is 43.5 Å². The Morgan fingerprint density at radius 3 is 2.84 bits per heavy atom. The van der Waals surface area contributed by atoms with Gasteiger partial charge in [0.15, 0.2) is 5.82 Å². The number of nitrogens with two attached hydrogens (primary N) is 1. The van der Waals surface area contributed by atoms with Crippen LogP contribution in [-0.2, 0) is 13.6 Å². The van der Waals surface area contributed by atoms with Crippen molar-refractivity contribution >= 4 is 33.5 Å². The number of ether oxygens (including phenoxy) is 1. The number of aliphatic hydroxyl groups is 1. The average molecular weight is 503 g/mol. The van der Waals surface area contributed by atoms with E-state index in [1.165, 1.54) is 11.2 Å². The molecule has 2 aromatic heterocycles. The molecular weight excluding hydrogens is 468 g/mol. The minimum Gasteiger partial charge on any atom is -0.494 e. The SMILES string of the molecule is COc1cc(C(=O)N2CCC[C@@H](N)C2)cc2nc(-c3cc4cccc5c4n3CCN5CCCO)n(C)c12. The molecule has 9 nitrogen and oxygen atoms in total. The third-order valence-corrected chi connectivity index (χ3v) is 7.79. The highest BCUT2D eigenvalue weighted by Crippen LogP contribution is 2.39. The molecule has 1 saturated heterocycles. The van der Waals surface area contributed by atoms with Crippen molar-refractivity contribution in [3.8, 4) is 17.3 Å². The highest BCUT2D eigenvalue weighted by Gasteiger charge is 2.27. The number of piperidine rings is 1. The molecule has 0 spiro atoms. The van der Waals surface area contributed by atoms with Gasteiger partial charge in [0.25, 0.3) is 5.91 Å². The summed E-state index contributed by atoms with van der Waals surface area (Å²) in [5.74, 6) is 1.44. The summed E-state index contributed by atoms with van der Waals surface area (Å²) in [6.45, 7) is 4.02. The van der Waals surface area contributed by atoms with Crippen LogP contribution in [0, 0.1) is 0 Å². The Morgan fingerprint density at radius 2 is 2.05 bits per heavy atom. The number of carbonyl (C=O) groups excluding carboxylic acids is 1. The number of likely N-dealkylation sites (tertiary alicyclic amines) is 1. The lowest BCUT2D eigenvalue weighted by atomic mass is 10.0. The smallest absolute Gasteiger partial charge is 0.254 e. The molecule has 4 aromatic rings. The summed E-state index contributed by atoms with van der Waals surface area (Å²) in [5.41, 5.74) is 11.7. The molecule has 1 atom stereocenters. The van der Waals surface area contributed by atoms with Crippen LogP contribution in [0.3, 0.4) is 0 Å². The number of anilines is 1. The molecule has 0 bridgehead atoms. The van der Waals surface area contributed by atoms with Gasteiger partial charge in [-0.2, -0.15) is 0 Å². The number of imidazole rings is 1. The van der Waals surface area contributed by atoms with Crippen molar-refractivity contribution in [2.45, 2.75) is 31.8 Å². The first-order chi connectivity index (χ1) is 18.0. The molecule has 1 amide bonds. The van der Waals surface area contributed by atoms with Gasteiger partial charge in [0.2, 0.25) is 0 Å². The van der Waals surface area contributed by atoms with Crippen LogP contribution in [0.5, 0.6) is 5.75 Å². The van der Waals surface area contributed by atoms with Crippen LogP contribution in [0.15, 0.2) is 36.4 Å². The number of nitrogens with zero attached hydrogens (tertiary/aromatic N) is 5. The fourth-order valence-corrected chi connectivity index (χ4v) is 6.01. The van der Waals surface area contributed by atoms with Crippen molar-refractivity contribution in [2.24, 2.45) is 12.8 Å². The van der Waals surface area contributed by atoms with Crippen molar-refractivity contribution < 1.29 is 14.6 Å². The molecule has 194 valence electrons. The normalized spacial score (nSPS) is 17.7. The van der Waals surface area contributed by atoms with Gasteiger partial charge in [-0.3, -0.25) is 4.79 Å². The summed E-state index contributed by atoms with van der Waals surface area (Å²) in [7, 11) is 3.63. The molecular formula is C28H34N6O3. The van der Waals surface area contributed by atoms with Crippen LogP contribution in [0.25, 0.3) is 33.5 Å². The maximum Gasteiger partial charge on any atom is 0.254 e. The zero-order chi connectivity index (χ0) is 25.7. The first kappa shape index (κ1) is 23.8. The van der Waals surface area contributed by atoms with Crippen LogP contribution < -0.4 is 15.4 Å². The number of aliphatic hydroxyl groups excluding tert-OH is 1. The third kappa shape index (κ3) is 3.93. The van der Waals surface area contributed by atoms with Crippen LogP contribution in [0.1, 0.15) is 29.6 Å². The molecule has 2 aromatic carbocycles. The standard InChI is InChI=1S/C28H34N6O3/c1-31-26-21(14-19(16-24(26)37-2)28(36)33-9-4-7-20(29)17-33)30-27(31)23-15-18-6-3-8-22-25(18)34(23)12-11-32(22)10-5-13-35/h3,6,8,14-16,20,35H,4-5,7,9-13,17,29H2,1-2H3/t20-/m1/s1. The second-order valence-electron chi connectivity index (χ2n) is 10.2. The second kappa shape index (κ2) is 9.39. The van der Waals surface area contributed by atoms with Crippen LogP contribution in [0.2, 0.25) is 0 Å². The lowest BCUT2D eigenvalue weighted by molar-refractivity contribution is 0.0708. The van der Waals surface area contributed by atoms with E-state index in [0.717, 1.165) is 73.4 Å². The molecule has 0 saturated carbocycles. The zero-order valence-corrected chi connectivity index (χ0v) is 21.5. The van der Waals surface area contributed by atoms with E-state index in [2.05, 4.69) is 38.3 Å². The number of carbonyl (C=O) groups is 1. The summed E-state index contributed by atoms with van der Waals surface area (Å²) in [6.07, 6.45) is 2.62. The number of amides is 1. The predicted octanol–water partition coefficient (Wildman–Crippen LogP) is 2.97. The average Bonchev–Trinajstić information content (AvgIpc) is 3.45. The molecule has 0 aliphatic carbocycles. The lowest BCUT2D eigenvalue weighted by Crippen LogP contribution is -2.45. The maximum absolute atomic E-state index is 13.3. The van der Waals surface area contributed by atoms with Crippen molar-refractivity contribution in [2.75, 3.05) is 44.8 Å². The second-order valence-corrected chi connectivity index (χ2v) is 10.2. The largest absolute Gasteiger partial charge is 0.494 e. The maximum atomic E-state index is 13.3. The van der Waals surface area contributed by atoms with Crippen molar-refractivity contribution in [1.29, 1.82) is 0 Å². The van der Waals surface area contributed by atoms with Gasteiger partial charge < -0.3 is 34.5 Å². The Labute approximate surface area is 216 Å². The third-order valence-electron chi connectivity index (χ3n) is 7.79. The molecule has 2 aliphatic heterocycles. The number of hydrogen-bond acceptors (Lipinski definition) is 6. The molecule has 3 N–H and O–H groups in total. The Bertz CT molecular complexity index is 1490. The number of benzene rings is 2. The van der Waals surface area contributed by atoms with Gasteiger partial charge in [-0.25, -0.2) is 4.98 Å². The topological polar surface area (TPSA) is 102 Å². The Morgan fingerprint density at radius 1 is 1.19 bits per heavy atom. The summed E-state index contributed by atoms with van der Waals surface area (Å²) >= 11 is 0. The molecule has 0 unspecified atom stereocenters. The number of para-hydroxylation sites is 1. The monoisotopic (exact) mass is 502 g/mol. The van der Waals surface area contributed by atoms with Gasteiger partial charge in [0.05, 0.1) is 29.5 Å². The predicted molar refractivity (Wildman–Crippen MR) is 145 cm³/mol. The van der Waals surface area contributed by atoms with E-state index in [9.17, 15) is 9.90 Å². The molecule has 9 heteroatoms. The van der Waals surface area contributed by atoms with Gasteiger partial charge in [0, 0.05) is 63.4 Å². The molecule has 4 heterocycles. The van der Waals surface area contributed by atoms with Crippen molar-refractivity contribution in [1.82, 2.24) is 19.0 Å². The summed E-state index contributed by atoms with van der Waals surface area (Å²) in [6, 6.07) is 12.3. The van der Waals surface area contributed by atoms with Crippen LogP contribution in [-0.4, -0.2) is 76.0 Å². The number of hydrogen-bond donors (Lipinski definition) is 2. The van der Waals surface area contributed by atoms with E-state index in [4.69, 9.17) is 15.5 Å². The number of rotatable bonds is 6. The fourth-order valence-electron chi connectivity index (χ4n) is 6.01. The van der Waals surface area contributed by atoms with Crippen molar-refractivity contribution in [3.63, 3.8) is 0 Å². The Hall–Kier alpha value is -3.56. The van der Waals surface area contributed by atoms with Crippen LogP contribution in [0.4, 0.5) is 5.69 Å². The molecule has 2 aliphatic rings. The molecule has 1 fully saturated rings. The first-order valence-electron chi connectivity index (χ1n) is 13.1. The van der Waals surface area contributed by atoms with E-state index in [0.29, 0.717) is 17.9 Å². The number of methoxy groups -OCH3 is 1. The van der Waals surface area contributed by atoms with E-state index in [1.807, 2.05) is 24.1 Å². The van der Waals surface area contributed by atoms with Gasteiger partial charge in [-0.15, -0.1) is 0 Å². The number of aromatic nitrogens is 3. The van der Waals surface area contributed by atoms with E-state index >= 15 is 0 Å². The van der Waals surface area contributed by atoms with Crippen molar-refractivity contribution in [3.05, 3.63) is 42.0 Å². The summed E-state index contributed by atoms with van der Waals surface area (Å²) in [4.78, 5) is 22.6. The van der Waals surface area contributed by atoms with E-state index in [-0.39, 0.29) is 18.6 Å². The minimum absolute atomic E-state index is 0.0229. The Kier molecular flexibility index (Phi) is 6.04. The highest BCUT2D eigenvalue weighted by atomic mass is 16.5. The first-order valence-corrected chi connectivity index (χ1v) is 13.1. The number of fused-ring (bicyclic) bond motifs is 1. The molecule has 37 heavy (non-hydrogen) atoms. The molecule has 6 rings (SSSR count). The van der Waals surface area contributed by atoms with Gasteiger partial charge >= 0.3 is 0 Å². The summed E-state index contributed by atoms with van der Waals surface area (Å²) in [5, 5.41) is 10.5. The molecule has 0 radical (unpaired) electrons. The van der Waals surface area contributed by atoms with Crippen LogP contribution >= 0.6 is 0 Å². The van der Waals surface area contributed by atoms with Gasteiger partial charge in [-0.1, -0.05) is 12.1 Å². The highest BCUT2D eigenvalue weighted by molar-refractivity contribution is 6.01. The fraction of sp³-hybridized carbons (Fsp3) is 0.429. The Balaban J connectivity index is 1.45. The quantitative estimate of drug-likeness (QED) is 0.420. The summed E-state index contributed by atoms with van der Waals surface area (Å²) < 4.78 is 10.2.